The van der Waals surface area contributed by atoms with E-state index >= 15 is 0 Å². The smallest absolute Gasteiger partial charge is 0.342 e. The van der Waals surface area contributed by atoms with Gasteiger partial charge in [0.25, 0.3) is 0 Å². The van der Waals surface area contributed by atoms with Gasteiger partial charge in [0.15, 0.2) is 5.16 Å². The van der Waals surface area contributed by atoms with Crippen molar-refractivity contribution >= 4 is 13.6 Å². The maximum absolute atomic E-state index is 11.3. The number of hydrogen-bond donors (Lipinski definition) is 2. The largest absolute Gasteiger partial charge is 0.468 e. The van der Waals surface area contributed by atoms with Crippen LogP contribution in [0.15, 0.2) is 0 Å². The molecular weight excluding hydrogens is 195 g/mol. The maximum atomic E-state index is 11.3. The Kier molecular flexibility index (Phi) is 2.80. The van der Waals surface area contributed by atoms with Crippen LogP contribution in [-0.4, -0.2) is 28.0 Å². The van der Waals surface area contributed by atoms with Crippen molar-refractivity contribution in [3.63, 3.8) is 0 Å². The molecule has 0 unspecified atom stereocenters. The topological polar surface area (TPSA) is 83.8 Å². The molecule has 5 nitrogen and oxygen atoms in total. The molecule has 0 atom stereocenters. The van der Waals surface area contributed by atoms with Crippen LogP contribution in [-0.2, 0) is 14.1 Å². The normalized spacial score (nSPS) is 21.5. The Hall–Kier alpha value is -0.380. The number of carbonyl (C=O) groups excluding carboxylic acids is 1. The van der Waals surface area contributed by atoms with E-state index in [-0.39, 0.29) is 12.8 Å². The van der Waals surface area contributed by atoms with Crippen molar-refractivity contribution in [2.24, 2.45) is 0 Å². The van der Waals surface area contributed by atoms with Gasteiger partial charge in [-0.2, -0.15) is 0 Å². The highest BCUT2D eigenvalue weighted by atomic mass is 31.2. The molecule has 0 heterocycles. The first-order chi connectivity index (χ1) is 5.94. The average molecular weight is 208 g/mol. The van der Waals surface area contributed by atoms with Crippen LogP contribution in [0.1, 0.15) is 25.7 Å². The van der Waals surface area contributed by atoms with Crippen LogP contribution in [0.25, 0.3) is 0 Å². The number of hydrogen-bond acceptors (Lipinski definition) is 3. The molecule has 1 rings (SSSR count). The van der Waals surface area contributed by atoms with Crippen molar-refractivity contribution in [1.29, 1.82) is 0 Å². The Balaban J connectivity index is 3.01. The summed E-state index contributed by atoms with van der Waals surface area (Å²) in [6.07, 6.45) is 1.79. The van der Waals surface area contributed by atoms with E-state index in [1.165, 1.54) is 0 Å². The molecule has 1 aliphatic carbocycles. The maximum Gasteiger partial charge on any atom is 0.342 e. The lowest BCUT2D eigenvalue weighted by Crippen LogP contribution is -2.36. The van der Waals surface area contributed by atoms with Crippen molar-refractivity contribution in [3.8, 4) is 0 Å². The zero-order chi connectivity index (χ0) is 10.1. The fraction of sp³-hybridized carbons (Fsp3) is 0.857. The highest BCUT2D eigenvalue weighted by molar-refractivity contribution is 7.54. The Bertz CT molecular complexity index is 250. The SMILES string of the molecule is COC(=O)C1(P(=O)(O)O)CCCC1. The van der Waals surface area contributed by atoms with Crippen molar-refractivity contribution in [3.05, 3.63) is 0 Å². The minimum atomic E-state index is -4.39. The van der Waals surface area contributed by atoms with E-state index in [9.17, 15) is 9.36 Å². The zero-order valence-corrected chi connectivity index (χ0v) is 8.29. The fourth-order valence-electron chi connectivity index (χ4n) is 1.76. The Morgan fingerprint density at radius 1 is 1.38 bits per heavy atom. The standard InChI is InChI=1S/C7H13O5P/c1-12-6(8)7(13(9,10)11)4-2-3-5-7/h2-5H2,1H3,(H2,9,10,11). The van der Waals surface area contributed by atoms with Gasteiger partial charge >= 0.3 is 13.6 Å². The van der Waals surface area contributed by atoms with Crippen molar-refractivity contribution in [1.82, 2.24) is 0 Å². The van der Waals surface area contributed by atoms with Crippen LogP contribution >= 0.6 is 7.60 Å². The number of esters is 1. The summed E-state index contributed by atoms with van der Waals surface area (Å²) < 4.78 is 15.6. The lowest BCUT2D eigenvalue weighted by molar-refractivity contribution is -0.144. The molecule has 0 aromatic rings. The number of rotatable bonds is 2. The summed E-state index contributed by atoms with van der Waals surface area (Å²) in [6, 6.07) is 0. The second-order valence-electron chi connectivity index (χ2n) is 3.27. The summed E-state index contributed by atoms with van der Waals surface area (Å²) in [6.45, 7) is 0. The monoisotopic (exact) mass is 208 g/mol. The molecule has 76 valence electrons. The van der Waals surface area contributed by atoms with Gasteiger partial charge in [-0.15, -0.1) is 0 Å². The lowest BCUT2D eigenvalue weighted by atomic mass is 10.1. The average Bonchev–Trinajstić information content (AvgIpc) is 2.50. The van der Waals surface area contributed by atoms with Crippen molar-refractivity contribution in [2.45, 2.75) is 30.8 Å². The number of carbonyl (C=O) groups is 1. The number of methoxy groups -OCH3 is 1. The van der Waals surface area contributed by atoms with Gasteiger partial charge in [0.05, 0.1) is 7.11 Å². The second-order valence-corrected chi connectivity index (χ2v) is 5.22. The van der Waals surface area contributed by atoms with Gasteiger partial charge in [0, 0.05) is 0 Å². The molecule has 0 bridgehead atoms. The second kappa shape index (κ2) is 3.40. The molecule has 0 saturated heterocycles. The van der Waals surface area contributed by atoms with Crippen LogP contribution in [0.5, 0.6) is 0 Å². The Morgan fingerprint density at radius 2 is 1.85 bits per heavy atom. The summed E-state index contributed by atoms with van der Waals surface area (Å²) in [5, 5.41) is -1.55. The van der Waals surface area contributed by atoms with Crippen molar-refractivity contribution < 1.29 is 23.9 Å². The Labute approximate surface area is 76.2 Å². The summed E-state index contributed by atoms with van der Waals surface area (Å²) in [4.78, 5) is 29.4. The first-order valence-electron chi connectivity index (χ1n) is 4.08. The molecule has 0 aliphatic heterocycles. The van der Waals surface area contributed by atoms with Crippen molar-refractivity contribution in [2.75, 3.05) is 7.11 Å². The molecule has 2 N–H and O–H groups in total. The molecule has 1 fully saturated rings. The highest BCUT2D eigenvalue weighted by Gasteiger charge is 2.55. The highest BCUT2D eigenvalue weighted by Crippen LogP contribution is 2.59. The van der Waals surface area contributed by atoms with E-state index in [4.69, 9.17) is 9.79 Å². The van der Waals surface area contributed by atoms with Gasteiger partial charge in [-0.1, -0.05) is 12.8 Å². The molecule has 0 amide bonds. The van der Waals surface area contributed by atoms with E-state index < -0.39 is 18.7 Å². The van der Waals surface area contributed by atoms with Crippen LogP contribution in [0.3, 0.4) is 0 Å². The predicted molar refractivity (Wildman–Crippen MR) is 45.3 cm³/mol. The quantitative estimate of drug-likeness (QED) is 0.514. The molecule has 0 aromatic heterocycles. The van der Waals surface area contributed by atoms with E-state index in [1.807, 2.05) is 0 Å². The molecule has 0 radical (unpaired) electrons. The van der Waals surface area contributed by atoms with E-state index in [1.54, 1.807) is 0 Å². The molecule has 1 aliphatic rings. The predicted octanol–water partition coefficient (Wildman–Crippen LogP) is 0.650. The van der Waals surface area contributed by atoms with Gasteiger partial charge < -0.3 is 14.5 Å². The summed E-state index contributed by atoms with van der Waals surface area (Å²) >= 11 is 0. The van der Waals surface area contributed by atoms with Gasteiger partial charge in [0.2, 0.25) is 0 Å². The summed E-state index contributed by atoms with van der Waals surface area (Å²) in [7, 11) is -3.24. The Morgan fingerprint density at radius 3 is 2.15 bits per heavy atom. The molecule has 13 heavy (non-hydrogen) atoms. The first-order valence-corrected chi connectivity index (χ1v) is 5.69. The van der Waals surface area contributed by atoms with E-state index in [0.717, 1.165) is 7.11 Å². The molecule has 1 saturated carbocycles. The van der Waals surface area contributed by atoms with Gasteiger partial charge in [-0.3, -0.25) is 9.36 Å². The molecule has 6 heteroatoms. The van der Waals surface area contributed by atoms with Crippen LogP contribution in [0, 0.1) is 0 Å². The molecular formula is C7H13O5P. The first kappa shape index (κ1) is 10.7. The fourth-order valence-corrected chi connectivity index (χ4v) is 2.99. The van der Waals surface area contributed by atoms with Crippen LogP contribution in [0.2, 0.25) is 0 Å². The lowest BCUT2D eigenvalue weighted by Gasteiger charge is -2.26. The third-order valence-corrected chi connectivity index (χ3v) is 4.30. The minimum absolute atomic E-state index is 0.226. The van der Waals surface area contributed by atoms with Gasteiger partial charge in [-0.05, 0) is 12.8 Å². The van der Waals surface area contributed by atoms with Gasteiger partial charge in [0.1, 0.15) is 0 Å². The van der Waals surface area contributed by atoms with Crippen LogP contribution in [0.4, 0.5) is 0 Å². The third-order valence-electron chi connectivity index (χ3n) is 2.55. The number of ether oxygens (including phenoxy) is 1. The minimum Gasteiger partial charge on any atom is -0.468 e. The third kappa shape index (κ3) is 1.64. The van der Waals surface area contributed by atoms with E-state index in [0.29, 0.717) is 12.8 Å². The van der Waals surface area contributed by atoms with Crippen LogP contribution < -0.4 is 0 Å². The summed E-state index contributed by atoms with van der Waals surface area (Å²) in [5.74, 6) is -0.779. The zero-order valence-electron chi connectivity index (χ0n) is 7.39. The summed E-state index contributed by atoms with van der Waals surface area (Å²) in [5.41, 5.74) is 0. The van der Waals surface area contributed by atoms with Gasteiger partial charge in [-0.25, -0.2) is 0 Å². The van der Waals surface area contributed by atoms with E-state index in [2.05, 4.69) is 4.74 Å². The molecule has 0 aromatic carbocycles. The molecule has 0 spiro atoms.